The molecule has 1 aliphatic heterocycles. The highest BCUT2D eigenvalue weighted by Gasteiger charge is 2.30. The van der Waals surface area contributed by atoms with Gasteiger partial charge in [0.1, 0.15) is 0 Å². The van der Waals surface area contributed by atoms with E-state index in [-0.39, 0.29) is 6.09 Å². The van der Waals surface area contributed by atoms with Gasteiger partial charge in [0.15, 0.2) is 0 Å². The number of anilines is 1. The van der Waals surface area contributed by atoms with E-state index in [2.05, 4.69) is 31.1 Å². The van der Waals surface area contributed by atoms with Gasteiger partial charge in [-0.25, -0.2) is 13.4 Å². The third-order valence-corrected chi connectivity index (χ3v) is 4.46. The number of ether oxygens (including phenoxy) is 1. The van der Waals surface area contributed by atoms with Crippen LogP contribution in [-0.2, 0) is 11.3 Å². The van der Waals surface area contributed by atoms with Gasteiger partial charge in [-0.2, -0.15) is 0 Å². The Labute approximate surface area is 125 Å². The van der Waals surface area contributed by atoms with Crippen LogP contribution in [0.2, 0.25) is 0 Å². The number of nitrogens with zero attached hydrogens (tertiary/aromatic N) is 2. The maximum absolute atomic E-state index is 12.3. The molecule has 0 N–H and O–H groups in total. The zero-order valence-electron chi connectivity index (χ0n) is 12.3. The van der Waals surface area contributed by atoms with Gasteiger partial charge in [0.2, 0.25) is 0 Å². The molecule has 1 aliphatic rings. The number of para-hydroxylation sites is 1. The second-order valence-electron chi connectivity index (χ2n) is 5.14. The van der Waals surface area contributed by atoms with Crippen molar-refractivity contribution in [1.82, 2.24) is 4.31 Å². The van der Waals surface area contributed by atoms with Crippen LogP contribution in [0, 0.1) is 0 Å². The maximum Gasteiger partial charge on any atom is 0.425 e. The number of hydrogen-bond donors (Lipinski definition) is 0. The van der Waals surface area contributed by atoms with Gasteiger partial charge in [0.05, 0.1) is 24.4 Å². The molecule has 1 aromatic rings. The Hall–Kier alpha value is -1.20. The van der Waals surface area contributed by atoms with Crippen LogP contribution in [0.15, 0.2) is 24.3 Å². The van der Waals surface area contributed by atoms with Gasteiger partial charge in [-0.15, -0.1) is 0 Å². The highest BCUT2D eigenvalue weighted by atomic mass is 32.2. The van der Waals surface area contributed by atoms with E-state index in [1.807, 2.05) is 18.2 Å². The lowest BCUT2D eigenvalue weighted by molar-refractivity contribution is 0.156. The van der Waals surface area contributed by atoms with Gasteiger partial charge in [0, 0.05) is 12.6 Å². The molecule has 110 valence electrons. The molecule has 0 bridgehead atoms. The number of benzene rings is 1. The van der Waals surface area contributed by atoms with Gasteiger partial charge in [-0.3, -0.25) is 0 Å². The summed E-state index contributed by atoms with van der Waals surface area (Å²) in [6.07, 6.45) is 1.65. The molecule has 2 rings (SSSR count). The Bertz CT molecular complexity index is 465. The van der Waals surface area contributed by atoms with Crippen LogP contribution in [-0.4, -0.2) is 23.0 Å². The van der Waals surface area contributed by atoms with Crippen LogP contribution in [0.25, 0.3) is 0 Å². The fourth-order valence-electron chi connectivity index (χ4n) is 1.96. The molecule has 1 heterocycles. The molecule has 0 atom stereocenters. The lowest BCUT2D eigenvalue weighted by Crippen LogP contribution is -2.38. The summed E-state index contributed by atoms with van der Waals surface area (Å²) < 4.78 is 9.19. The number of carbonyl (C=O) groups is 1. The Morgan fingerprint density at radius 2 is 2.15 bits per heavy atom. The molecule has 1 amide bonds. The molecule has 0 saturated carbocycles. The van der Waals surface area contributed by atoms with Crippen molar-refractivity contribution in [1.29, 1.82) is 0 Å². The first kappa shape index (κ1) is 15.2. The van der Waals surface area contributed by atoms with Crippen molar-refractivity contribution in [3.8, 4) is 0 Å². The van der Waals surface area contributed by atoms with E-state index < -0.39 is 0 Å². The van der Waals surface area contributed by atoms with Gasteiger partial charge in [-0.1, -0.05) is 31.5 Å². The average Bonchev–Trinajstić information content (AvgIpc) is 2.46. The first-order valence-corrected chi connectivity index (χ1v) is 7.86. The highest BCUT2D eigenvalue weighted by Crippen LogP contribution is 2.37. The molecule has 0 saturated heterocycles. The van der Waals surface area contributed by atoms with Crippen LogP contribution >= 0.6 is 12.1 Å². The second-order valence-corrected chi connectivity index (χ2v) is 6.14. The minimum Gasteiger partial charge on any atom is -0.449 e. The van der Waals surface area contributed by atoms with Crippen LogP contribution in [0.4, 0.5) is 10.5 Å². The van der Waals surface area contributed by atoms with E-state index in [1.54, 1.807) is 4.31 Å². The van der Waals surface area contributed by atoms with E-state index >= 15 is 0 Å². The quantitative estimate of drug-likeness (QED) is 0.615. The van der Waals surface area contributed by atoms with Crippen molar-refractivity contribution in [2.24, 2.45) is 0 Å². The monoisotopic (exact) mass is 294 g/mol. The average molecular weight is 294 g/mol. The molecule has 0 aromatic heterocycles. The molecular formula is C15H22N2O2S. The van der Waals surface area contributed by atoms with E-state index in [1.165, 1.54) is 12.1 Å². The van der Waals surface area contributed by atoms with Crippen molar-refractivity contribution in [2.45, 2.75) is 46.2 Å². The second kappa shape index (κ2) is 6.99. The number of hydrogen-bond acceptors (Lipinski definition) is 4. The number of rotatable bonds is 4. The topological polar surface area (TPSA) is 32.8 Å². The van der Waals surface area contributed by atoms with Crippen molar-refractivity contribution >= 4 is 23.9 Å². The molecule has 0 spiro atoms. The fourth-order valence-corrected chi connectivity index (χ4v) is 2.94. The van der Waals surface area contributed by atoms with Gasteiger partial charge < -0.3 is 4.74 Å². The standard InChI is InChI=1S/C15H22N2O2S/c1-4-5-10-19-15(18)17-14-9-7-6-8-13(14)11-16(20-17)12(2)3/h6-9,12H,4-5,10-11H2,1-3H3. The summed E-state index contributed by atoms with van der Waals surface area (Å²) in [4.78, 5) is 12.3. The van der Waals surface area contributed by atoms with Gasteiger partial charge in [0.25, 0.3) is 0 Å². The van der Waals surface area contributed by atoms with E-state index in [0.29, 0.717) is 12.6 Å². The van der Waals surface area contributed by atoms with E-state index in [4.69, 9.17) is 4.74 Å². The summed E-state index contributed by atoms with van der Waals surface area (Å²) >= 11 is 1.44. The minimum absolute atomic E-state index is 0.277. The molecule has 5 heteroatoms. The number of fused-ring (bicyclic) bond motifs is 1. The van der Waals surface area contributed by atoms with Crippen LogP contribution in [0.3, 0.4) is 0 Å². The fraction of sp³-hybridized carbons (Fsp3) is 0.533. The first-order chi connectivity index (χ1) is 9.63. The van der Waals surface area contributed by atoms with Crippen molar-refractivity contribution in [2.75, 3.05) is 10.9 Å². The predicted molar refractivity (Wildman–Crippen MR) is 83.4 cm³/mol. The molecule has 0 unspecified atom stereocenters. The molecular weight excluding hydrogens is 272 g/mol. The number of unbranched alkanes of at least 4 members (excludes halogenated alkanes) is 1. The number of amides is 1. The SMILES string of the molecule is CCCCOC(=O)N1SN(C(C)C)Cc2ccccc21. The molecule has 4 nitrogen and oxygen atoms in total. The summed E-state index contributed by atoms with van der Waals surface area (Å²) in [5, 5.41) is 0. The summed E-state index contributed by atoms with van der Waals surface area (Å²) in [6, 6.07) is 8.36. The third kappa shape index (κ3) is 3.46. The number of carbonyl (C=O) groups excluding carboxylic acids is 1. The predicted octanol–water partition coefficient (Wildman–Crippen LogP) is 4.22. The Kier molecular flexibility index (Phi) is 5.31. The largest absolute Gasteiger partial charge is 0.449 e. The lowest BCUT2D eigenvalue weighted by Gasteiger charge is -2.36. The van der Waals surface area contributed by atoms with Crippen molar-refractivity contribution in [3.05, 3.63) is 29.8 Å². The van der Waals surface area contributed by atoms with Crippen LogP contribution in [0.5, 0.6) is 0 Å². The van der Waals surface area contributed by atoms with Crippen LogP contribution < -0.4 is 4.31 Å². The highest BCUT2D eigenvalue weighted by molar-refractivity contribution is 7.99. The Morgan fingerprint density at radius 1 is 1.40 bits per heavy atom. The zero-order valence-corrected chi connectivity index (χ0v) is 13.2. The van der Waals surface area contributed by atoms with Gasteiger partial charge >= 0.3 is 6.09 Å². The Balaban J connectivity index is 2.16. The maximum atomic E-state index is 12.3. The normalized spacial score (nSPS) is 15.3. The molecule has 0 radical (unpaired) electrons. The van der Waals surface area contributed by atoms with Crippen molar-refractivity contribution in [3.63, 3.8) is 0 Å². The summed E-state index contributed by atoms with van der Waals surface area (Å²) in [5.41, 5.74) is 2.10. The third-order valence-electron chi connectivity index (χ3n) is 3.19. The minimum atomic E-state index is -0.277. The summed E-state index contributed by atoms with van der Waals surface area (Å²) in [7, 11) is 0. The smallest absolute Gasteiger partial charge is 0.425 e. The molecule has 20 heavy (non-hydrogen) atoms. The van der Waals surface area contributed by atoms with Crippen LogP contribution in [0.1, 0.15) is 39.2 Å². The molecule has 0 fully saturated rings. The summed E-state index contributed by atoms with van der Waals surface area (Å²) in [6.45, 7) is 7.66. The van der Waals surface area contributed by atoms with Crippen molar-refractivity contribution < 1.29 is 9.53 Å². The first-order valence-electron chi connectivity index (χ1n) is 7.13. The molecule has 0 aliphatic carbocycles. The van der Waals surface area contributed by atoms with E-state index in [0.717, 1.165) is 30.6 Å². The zero-order chi connectivity index (χ0) is 14.5. The van der Waals surface area contributed by atoms with Gasteiger partial charge in [-0.05, 0) is 31.9 Å². The summed E-state index contributed by atoms with van der Waals surface area (Å²) in [5.74, 6) is 0. The van der Waals surface area contributed by atoms with E-state index in [9.17, 15) is 4.79 Å². The Morgan fingerprint density at radius 3 is 2.85 bits per heavy atom. The lowest BCUT2D eigenvalue weighted by atomic mass is 10.1. The molecule has 1 aromatic carbocycles.